The molecule has 1 aromatic carbocycles. The van der Waals surface area contributed by atoms with Crippen molar-refractivity contribution in [1.82, 2.24) is 9.97 Å². The first-order valence-corrected chi connectivity index (χ1v) is 5.39. The van der Waals surface area contributed by atoms with Gasteiger partial charge in [0.1, 0.15) is 6.33 Å². The molecule has 2 aromatic rings. The maximum Gasteiger partial charge on any atom is 0.416 e. The van der Waals surface area contributed by atoms with E-state index in [-0.39, 0.29) is 0 Å². The van der Waals surface area contributed by atoms with Crippen molar-refractivity contribution in [2.45, 2.75) is 19.5 Å². The zero-order chi connectivity index (χ0) is 13.2. The molecule has 0 amide bonds. The van der Waals surface area contributed by atoms with Crippen LogP contribution >= 0.6 is 0 Å². The number of benzene rings is 1. The Kier molecular flexibility index (Phi) is 3.32. The van der Waals surface area contributed by atoms with E-state index in [0.717, 1.165) is 29.1 Å². The van der Waals surface area contributed by atoms with Gasteiger partial charge in [-0.1, -0.05) is 12.1 Å². The lowest BCUT2D eigenvalue weighted by atomic mass is 10.1. The number of aryl methyl sites for hydroxylation is 1. The molecule has 0 aliphatic rings. The van der Waals surface area contributed by atoms with E-state index in [9.17, 15) is 13.2 Å². The highest BCUT2D eigenvalue weighted by molar-refractivity contribution is 5.27. The van der Waals surface area contributed by atoms with E-state index in [2.05, 4.69) is 9.97 Å². The lowest BCUT2D eigenvalue weighted by Gasteiger charge is -2.07. The molecule has 94 valence electrons. The summed E-state index contributed by atoms with van der Waals surface area (Å²) in [5.74, 6) is 0. The smallest absolute Gasteiger partial charge is 0.242 e. The Morgan fingerprint density at radius 3 is 2.28 bits per heavy atom. The fourth-order valence-electron chi connectivity index (χ4n) is 1.63. The Bertz CT molecular complexity index is 533. The van der Waals surface area contributed by atoms with Crippen molar-refractivity contribution < 1.29 is 13.2 Å². The van der Waals surface area contributed by atoms with Gasteiger partial charge in [0.05, 0.1) is 5.56 Å². The van der Waals surface area contributed by atoms with Crippen LogP contribution in [0.2, 0.25) is 0 Å². The molecule has 0 atom stereocenters. The monoisotopic (exact) mass is 252 g/mol. The van der Waals surface area contributed by atoms with Crippen molar-refractivity contribution in [2.24, 2.45) is 0 Å². The van der Waals surface area contributed by atoms with Crippen LogP contribution in [0.25, 0.3) is 0 Å². The van der Waals surface area contributed by atoms with Crippen LogP contribution in [0.1, 0.15) is 22.5 Å². The first-order valence-electron chi connectivity index (χ1n) is 5.39. The van der Waals surface area contributed by atoms with Crippen molar-refractivity contribution >= 4 is 0 Å². The van der Waals surface area contributed by atoms with E-state index in [1.54, 1.807) is 0 Å². The SMILES string of the molecule is Cc1cc(Cc2ccc(C(F)(F)F)cc2)ncn1. The van der Waals surface area contributed by atoms with E-state index in [1.165, 1.54) is 18.5 Å². The van der Waals surface area contributed by atoms with Crippen LogP contribution in [0.5, 0.6) is 0 Å². The zero-order valence-electron chi connectivity index (χ0n) is 9.70. The number of rotatable bonds is 2. The van der Waals surface area contributed by atoms with Crippen molar-refractivity contribution in [2.75, 3.05) is 0 Å². The van der Waals surface area contributed by atoms with E-state index in [0.29, 0.717) is 6.42 Å². The number of aromatic nitrogens is 2. The van der Waals surface area contributed by atoms with Crippen LogP contribution < -0.4 is 0 Å². The van der Waals surface area contributed by atoms with E-state index < -0.39 is 11.7 Å². The normalized spacial score (nSPS) is 11.6. The molecule has 0 aliphatic heterocycles. The van der Waals surface area contributed by atoms with Crippen molar-refractivity contribution in [1.29, 1.82) is 0 Å². The molecule has 0 saturated heterocycles. The Morgan fingerprint density at radius 1 is 1.06 bits per heavy atom. The zero-order valence-corrected chi connectivity index (χ0v) is 9.70. The Labute approximate surface area is 103 Å². The van der Waals surface area contributed by atoms with Gasteiger partial charge in [-0.25, -0.2) is 9.97 Å². The minimum atomic E-state index is -4.29. The summed E-state index contributed by atoms with van der Waals surface area (Å²) in [6.45, 7) is 1.85. The molecule has 0 N–H and O–H groups in total. The quantitative estimate of drug-likeness (QED) is 0.818. The van der Waals surface area contributed by atoms with Gasteiger partial charge in [0.25, 0.3) is 0 Å². The van der Waals surface area contributed by atoms with Crippen LogP contribution in [-0.2, 0) is 12.6 Å². The summed E-state index contributed by atoms with van der Waals surface area (Å²) in [6.07, 6.45) is -2.33. The second-order valence-electron chi connectivity index (χ2n) is 4.02. The van der Waals surface area contributed by atoms with Gasteiger partial charge in [-0.2, -0.15) is 13.2 Å². The lowest BCUT2D eigenvalue weighted by Crippen LogP contribution is -2.04. The highest BCUT2D eigenvalue weighted by atomic mass is 19.4. The average molecular weight is 252 g/mol. The molecule has 2 nitrogen and oxygen atoms in total. The van der Waals surface area contributed by atoms with Gasteiger partial charge in [-0.3, -0.25) is 0 Å². The summed E-state index contributed by atoms with van der Waals surface area (Å²) in [4.78, 5) is 8.04. The van der Waals surface area contributed by atoms with E-state index in [1.807, 2.05) is 13.0 Å². The van der Waals surface area contributed by atoms with Crippen LogP contribution in [0.3, 0.4) is 0 Å². The Hall–Kier alpha value is -1.91. The van der Waals surface area contributed by atoms with Crippen LogP contribution in [-0.4, -0.2) is 9.97 Å². The van der Waals surface area contributed by atoms with E-state index in [4.69, 9.17) is 0 Å². The first kappa shape index (κ1) is 12.5. The highest BCUT2D eigenvalue weighted by Gasteiger charge is 2.29. The van der Waals surface area contributed by atoms with Gasteiger partial charge >= 0.3 is 6.18 Å². The molecular weight excluding hydrogens is 241 g/mol. The second kappa shape index (κ2) is 4.76. The molecule has 1 heterocycles. The summed E-state index contributed by atoms with van der Waals surface area (Å²) in [7, 11) is 0. The predicted octanol–water partition coefficient (Wildman–Crippen LogP) is 3.39. The standard InChI is InChI=1S/C13H11F3N2/c1-9-6-12(18-8-17-9)7-10-2-4-11(5-3-10)13(14,15)16/h2-6,8H,7H2,1H3. The van der Waals surface area contributed by atoms with Crippen LogP contribution in [0.4, 0.5) is 13.2 Å². The van der Waals surface area contributed by atoms with Gasteiger partial charge in [-0.15, -0.1) is 0 Å². The third-order valence-corrected chi connectivity index (χ3v) is 2.53. The molecule has 0 unspecified atom stereocenters. The number of alkyl halides is 3. The molecule has 0 bridgehead atoms. The molecule has 0 aliphatic carbocycles. The summed E-state index contributed by atoms with van der Waals surface area (Å²) >= 11 is 0. The van der Waals surface area contributed by atoms with Crippen LogP contribution in [0, 0.1) is 6.92 Å². The summed E-state index contributed by atoms with van der Waals surface area (Å²) in [5, 5.41) is 0. The van der Waals surface area contributed by atoms with Crippen molar-refractivity contribution in [3.05, 3.63) is 59.2 Å². The predicted molar refractivity (Wildman–Crippen MR) is 61.0 cm³/mol. The van der Waals surface area contributed by atoms with Gasteiger partial charge in [0.15, 0.2) is 0 Å². The minimum absolute atomic E-state index is 0.501. The van der Waals surface area contributed by atoms with Crippen LogP contribution in [0.15, 0.2) is 36.7 Å². The average Bonchev–Trinajstić information content (AvgIpc) is 2.28. The molecule has 0 fully saturated rings. The molecule has 2 rings (SSSR count). The topological polar surface area (TPSA) is 25.8 Å². The number of hydrogen-bond acceptors (Lipinski definition) is 2. The van der Waals surface area contributed by atoms with Gasteiger partial charge in [0, 0.05) is 17.8 Å². The number of nitrogens with zero attached hydrogens (tertiary/aromatic N) is 2. The molecule has 1 aromatic heterocycles. The lowest BCUT2D eigenvalue weighted by molar-refractivity contribution is -0.137. The summed E-state index contributed by atoms with van der Waals surface area (Å²) < 4.78 is 37.1. The largest absolute Gasteiger partial charge is 0.416 e. The molecule has 0 radical (unpaired) electrons. The van der Waals surface area contributed by atoms with Gasteiger partial charge in [0.2, 0.25) is 0 Å². The van der Waals surface area contributed by atoms with Gasteiger partial charge < -0.3 is 0 Å². The maximum absolute atomic E-state index is 12.4. The summed E-state index contributed by atoms with van der Waals surface area (Å²) in [6, 6.07) is 6.94. The van der Waals surface area contributed by atoms with E-state index >= 15 is 0 Å². The molecule has 18 heavy (non-hydrogen) atoms. The number of halogens is 3. The first-order chi connectivity index (χ1) is 8.45. The number of hydrogen-bond donors (Lipinski definition) is 0. The van der Waals surface area contributed by atoms with Crippen molar-refractivity contribution in [3.63, 3.8) is 0 Å². The Balaban J connectivity index is 2.16. The molecule has 5 heteroatoms. The highest BCUT2D eigenvalue weighted by Crippen LogP contribution is 2.29. The van der Waals surface area contributed by atoms with Gasteiger partial charge in [-0.05, 0) is 30.7 Å². The fourth-order valence-corrected chi connectivity index (χ4v) is 1.63. The fraction of sp³-hybridized carbons (Fsp3) is 0.231. The molecule has 0 spiro atoms. The second-order valence-corrected chi connectivity index (χ2v) is 4.02. The minimum Gasteiger partial charge on any atom is -0.242 e. The maximum atomic E-state index is 12.4. The summed E-state index contributed by atoms with van der Waals surface area (Å²) in [5.41, 5.74) is 1.79. The molecular formula is C13H11F3N2. The van der Waals surface area contributed by atoms with Crippen molar-refractivity contribution in [3.8, 4) is 0 Å². The third-order valence-electron chi connectivity index (χ3n) is 2.53. The third kappa shape index (κ3) is 3.06. The Morgan fingerprint density at radius 2 is 1.72 bits per heavy atom. The molecule has 0 saturated carbocycles.